The Bertz CT molecular complexity index is 983. The van der Waals surface area contributed by atoms with E-state index < -0.39 is 10.0 Å². The molecule has 0 atom stereocenters. The van der Waals surface area contributed by atoms with Gasteiger partial charge in [-0.25, -0.2) is 8.42 Å². The zero-order chi connectivity index (χ0) is 23.0. The maximum absolute atomic E-state index is 13.5. The van der Waals surface area contributed by atoms with Gasteiger partial charge in [0.15, 0.2) is 0 Å². The molecular weight excluding hydrogens is 424 g/mol. The number of nitrogens with zero attached hydrogens (tertiary/aromatic N) is 1. The van der Waals surface area contributed by atoms with Crippen molar-refractivity contribution in [2.24, 2.45) is 0 Å². The Morgan fingerprint density at radius 1 is 1.09 bits per heavy atom. The first kappa shape index (κ1) is 24.3. The summed E-state index contributed by atoms with van der Waals surface area (Å²) in [4.78, 5) is 12.9. The molecule has 0 aromatic heterocycles. The minimum absolute atomic E-state index is 0.173. The Kier molecular flexibility index (Phi) is 8.70. The van der Waals surface area contributed by atoms with Gasteiger partial charge in [-0.3, -0.25) is 9.10 Å². The lowest BCUT2D eigenvalue weighted by Gasteiger charge is -2.26. The summed E-state index contributed by atoms with van der Waals surface area (Å²) in [5, 5.41) is 2.85. The molecule has 1 fully saturated rings. The van der Waals surface area contributed by atoms with Gasteiger partial charge < -0.3 is 10.1 Å². The van der Waals surface area contributed by atoms with Crippen LogP contribution in [0.2, 0.25) is 0 Å². The number of hydrogen-bond donors (Lipinski definition) is 1. The van der Waals surface area contributed by atoms with E-state index in [0.717, 1.165) is 24.0 Å². The molecule has 1 amide bonds. The summed E-state index contributed by atoms with van der Waals surface area (Å²) in [5.41, 5.74) is 2.39. The molecule has 32 heavy (non-hydrogen) atoms. The second kappa shape index (κ2) is 11.5. The summed E-state index contributed by atoms with van der Waals surface area (Å²) in [5.74, 6) is -0.326. The number of aryl methyl sites for hydroxylation is 2. The predicted molar refractivity (Wildman–Crippen MR) is 127 cm³/mol. The number of sulfonamides is 1. The highest BCUT2D eigenvalue weighted by atomic mass is 32.2. The van der Waals surface area contributed by atoms with Crippen molar-refractivity contribution in [3.63, 3.8) is 0 Å². The Hall–Kier alpha value is -2.38. The third-order valence-corrected chi connectivity index (χ3v) is 7.61. The summed E-state index contributed by atoms with van der Waals surface area (Å²) in [6.45, 7) is 4.68. The van der Waals surface area contributed by atoms with Crippen molar-refractivity contribution in [2.45, 2.75) is 63.4 Å². The highest BCUT2D eigenvalue weighted by Gasteiger charge is 2.28. The summed E-state index contributed by atoms with van der Waals surface area (Å²) in [6, 6.07) is 14.0. The standard InChI is InChI=1S/C25H34N2O4S/c1-3-21-9-4-7-12-24(21)27(32(29,30)23-15-13-20(2)14-16-23)19-25(28)26-17-8-18-31-22-10-5-6-11-22/h4,7,9,12-16,22H,3,5-6,8,10-11,17-19H2,1-2H3,(H,26,28). The van der Waals surface area contributed by atoms with Gasteiger partial charge >= 0.3 is 0 Å². The van der Waals surface area contributed by atoms with Crippen LogP contribution in [0.25, 0.3) is 0 Å². The molecule has 0 bridgehead atoms. The van der Waals surface area contributed by atoms with E-state index in [-0.39, 0.29) is 17.3 Å². The van der Waals surface area contributed by atoms with Crippen molar-refractivity contribution in [1.29, 1.82) is 0 Å². The first-order valence-corrected chi connectivity index (χ1v) is 12.9. The monoisotopic (exact) mass is 458 g/mol. The molecule has 3 rings (SSSR count). The quantitative estimate of drug-likeness (QED) is 0.512. The molecular formula is C25H34N2O4S. The number of rotatable bonds is 11. The van der Waals surface area contributed by atoms with Crippen LogP contribution in [0.4, 0.5) is 5.69 Å². The molecule has 1 aliphatic rings. The van der Waals surface area contributed by atoms with Crippen molar-refractivity contribution in [2.75, 3.05) is 24.0 Å². The first-order chi connectivity index (χ1) is 15.4. The first-order valence-electron chi connectivity index (χ1n) is 11.5. The number of nitrogens with one attached hydrogen (secondary N) is 1. The molecule has 7 heteroatoms. The van der Waals surface area contributed by atoms with Gasteiger partial charge in [-0.2, -0.15) is 0 Å². The van der Waals surface area contributed by atoms with E-state index in [1.165, 1.54) is 17.1 Å². The highest BCUT2D eigenvalue weighted by molar-refractivity contribution is 7.92. The number of carbonyl (C=O) groups excluding carboxylic acids is 1. The largest absolute Gasteiger partial charge is 0.378 e. The van der Waals surface area contributed by atoms with E-state index in [4.69, 9.17) is 4.74 Å². The van der Waals surface area contributed by atoms with Gasteiger partial charge in [0.25, 0.3) is 10.0 Å². The molecule has 174 valence electrons. The van der Waals surface area contributed by atoms with E-state index in [1.807, 2.05) is 26.0 Å². The SMILES string of the molecule is CCc1ccccc1N(CC(=O)NCCCOC1CCCC1)S(=O)(=O)c1ccc(C)cc1. The maximum Gasteiger partial charge on any atom is 0.264 e. The summed E-state index contributed by atoms with van der Waals surface area (Å²) in [6.07, 6.45) is 6.42. The molecule has 0 spiro atoms. The van der Waals surface area contributed by atoms with E-state index in [1.54, 1.807) is 36.4 Å². The zero-order valence-corrected chi connectivity index (χ0v) is 19.9. The number of anilines is 1. The van der Waals surface area contributed by atoms with Crippen LogP contribution in [0, 0.1) is 6.92 Å². The third kappa shape index (κ3) is 6.33. The second-order valence-electron chi connectivity index (χ2n) is 8.29. The van der Waals surface area contributed by atoms with E-state index >= 15 is 0 Å². The van der Waals surface area contributed by atoms with Crippen molar-refractivity contribution in [3.8, 4) is 0 Å². The highest BCUT2D eigenvalue weighted by Crippen LogP contribution is 2.27. The lowest BCUT2D eigenvalue weighted by atomic mass is 10.1. The molecule has 6 nitrogen and oxygen atoms in total. The van der Waals surface area contributed by atoms with Crippen LogP contribution >= 0.6 is 0 Å². The minimum Gasteiger partial charge on any atom is -0.378 e. The molecule has 1 aliphatic carbocycles. The number of amides is 1. The number of ether oxygens (including phenoxy) is 1. The average Bonchev–Trinajstić information content (AvgIpc) is 3.31. The Labute approximate surface area is 192 Å². The Morgan fingerprint density at radius 2 is 1.78 bits per heavy atom. The normalized spacial score (nSPS) is 14.4. The van der Waals surface area contributed by atoms with Crippen molar-refractivity contribution >= 4 is 21.6 Å². The third-order valence-electron chi connectivity index (χ3n) is 5.84. The molecule has 2 aromatic carbocycles. The fourth-order valence-electron chi connectivity index (χ4n) is 3.98. The van der Waals surface area contributed by atoms with Crippen LogP contribution in [0.1, 0.15) is 50.2 Å². The zero-order valence-electron chi connectivity index (χ0n) is 19.0. The van der Waals surface area contributed by atoms with E-state index in [0.29, 0.717) is 37.8 Å². The number of para-hydroxylation sites is 1. The van der Waals surface area contributed by atoms with Gasteiger partial charge in [-0.1, -0.05) is 55.7 Å². The lowest BCUT2D eigenvalue weighted by Crippen LogP contribution is -2.41. The van der Waals surface area contributed by atoms with Crippen LogP contribution in [0.5, 0.6) is 0 Å². The van der Waals surface area contributed by atoms with Gasteiger partial charge in [0, 0.05) is 13.2 Å². The molecule has 2 aromatic rings. The van der Waals surface area contributed by atoms with Gasteiger partial charge in [-0.15, -0.1) is 0 Å². The number of carbonyl (C=O) groups is 1. The molecule has 0 radical (unpaired) electrons. The lowest BCUT2D eigenvalue weighted by molar-refractivity contribution is -0.119. The molecule has 0 unspecified atom stereocenters. The molecule has 1 saturated carbocycles. The van der Waals surface area contributed by atoms with Crippen LogP contribution in [0.3, 0.4) is 0 Å². The van der Waals surface area contributed by atoms with Gasteiger partial charge in [0.1, 0.15) is 6.54 Å². The number of hydrogen-bond acceptors (Lipinski definition) is 4. The van der Waals surface area contributed by atoms with Gasteiger partial charge in [0.2, 0.25) is 5.91 Å². The Balaban J connectivity index is 1.69. The van der Waals surface area contributed by atoms with Crippen molar-refractivity contribution in [3.05, 3.63) is 59.7 Å². The topological polar surface area (TPSA) is 75.7 Å². The van der Waals surface area contributed by atoms with E-state index in [2.05, 4.69) is 5.32 Å². The molecule has 0 aliphatic heterocycles. The fraction of sp³-hybridized carbons (Fsp3) is 0.480. The van der Waals surface area contributed by atoms with Gasteiger partial charge in [-0.05, 0) is 56.4 Å². The summed E-state index contributed by atoms with van der Waals surface area (Å²) >= 11 is 0. The van der Waals surface area contributed by atoms with Crippen molar-refractivity contribution < 1.29 is 17.9 Å². The van der Waals surface area contributed by atoms with Crippen LogP contribution < -0.4 is 9.62 Å². The van der Waals surface area contributed by atoms with Crippen LogP contribution in [0.15, 0.2) is 53.4 Å². The number of benzene rings is 2. The second-order valence-corrected chi connectivity index (χ2v) is 10.2. The smallest absolute Gasteiger partial charge is 0.264 e. The maximum atomic E-state index is 13.5. The van der Waals surface area contributed by atoms with E-state index in [9.17, 15) is 13.2 Å². The molecule has 0 heterocycles. The predicted octanol–water partition coefficient (Wildman–Crippen LogP) is 4.22. The van der Waals surface area contributed by atoms with Crippen molar-refractivity contribution in [1.82, 2.24) is 5.32 Å². The minimum atomic E-state index is -3.90. The van der Waals surface area contributed by atoms with Gasteiger partial charge in [0.05, 0.1) is 16.7 Å². The van der Waals surface area contributed by atoms with Crippen LogP contribution in [-0.4, -0.2) is 40.1 Å². The Morgan fingerprint density at radius 3 is 2.47 bits per heavy atom. The molecule has 1 N–H and O–H groups in total. The van der Waals surface area contributed by atoms with Crippen LogP contribution in [-0.2, 0) is 26.0 Å². The summed E-state index contributed by atoms with van der Waals surface area (Å²) in [7, 11) is -3.90. The average molecular weight is 459 g/mol. The summed E-state index contributed by atoms with van der Waals surface area (Å²) < 4.78 is 34.0. The molecule has 0 saturated heterocycles. The fourth-order valence-corrected chi connectivity index (χ4v) is 5.44.